The molecule has 0 radical (unpaired) electrons. The van der Waals surface area contributed by atoms with Crippen LogP contribution in [0.4, 0.5) is 0 Å². The minimum Gasteiger partial charge on any atom is -0.481 e. The fraction of sp³-hybridized carbons (Fsp3) is 0.667. The zero-order chi connectivity index (χ0) is 12.5. The molecular weight excluding hydrogens is 208 g/mol. The molecule has 4 heteroatoms. The average molecular weight is 226 g/mol. The number of rotatable bonds is 2. The van der Waals surface area contributed by atoms with Gasteiger partial charge < -0.3 is 9.84 Å². The highest BCUT2D eigenvalue weighted by Gasteiger charge is 2.48. The van der Waals surface area contributed by atoms with Crippen LogP contribution < -0.4 is 0 Å². The fourth-order valence-corrected chi connectivity index (χ4v) is 2.34. The summed E-state index contributed by atoms with van der Waals surface area (Å²) < 4.78 is 4.73. The number of carboxylic acids is 1. The number of esters is 1. The van der Waals surface area contributed by atoms with Gasteiger partial charge in [-0.3, -0.25) is 9.59 Å². The van der Waals surface area contributed by atoms with Crippen LogP contribution in [0.2, 0.25) is 0 Å². The van der Waals surface area contributed by atoms with E-state index in [1.54, 1.807) is 6.92 Å². The van der Waals surface area contributed by atoms with E-state index < -0.39 is 23.3 Å². The molecule has 1 rings (SSSR count). The highest BCUT2D eigenvalue weighted by Crippen LogP contribution is 2.44. The molecule has 0 aromatic carbocycles. The van der Waals surface area contributed by atoms with Gasteiger partial charge in [-0.1, -0.05) is 11.1 Å². The van der Waals surface area contributed by atoms with Crippen LogP contribution in [0.5, 0.6) is 0 Å². The first kappa shape index (κ1) is 12.7. The van der Waals surface area contributed by atoms with E-state index in [-0.39, 0.29) is 0 Å². The van der Waals surface area contributed by atoms with Crippen molar-refractivity contribution in [3.63, 3.8) is 0 Å². The third-order valence-electron chi connectivity index (χ3n) is 3.59. The lowest BCUT2D eigenvalue weighted by Gasteiger charge is -2.37. The lowest BCUT2D eigenvalue weighted by Crippen LogP contribution is -2.43. The Bertz CT molecular complexity index is 356. The summed E-state index contributed by atoms with van der Waals surface area (Å²) >= 11 is 0. The van der Waals surface area contributed by atoms with E-state index in [9.17, 15) is 14.7 Å². The number of ether oxygens (including phenoxy) is 1. The van der Waals surface area contributed by atoms with Crippen molar-refractivity contribution >= 4 is 11.9 Å². The molecule has 4 nitrogen and oxygen atoms in total. The number of hydrogen-bond donors (Lipinski definition) is 1. The number of carbonyl (C=O) groups is 2. The molecule has 0 saturated carbocycles. The molecule has 1 N–H and O–H groups in total. The lowest BCUT2D eigenvalue weighted by atomic mass is 9.66. The molecule has 0 spiro atoms. The van der Waals surface area contributed by atoms with Gasteiger partial charge in [0.25, 0.3) is 0 Å². The molecule has 0 saturated heterocycles. The van der Waals surface area contributed by atoms with Crippen molar-refractivity contribution in [2.45, 2.75) is 33.6 Å². The molecule has 0 heterocycles. The van der Waals surface area contributed by atoms with Crippen LogP contribution in [0.25, 0.3) is 0 Å². The smallest absolute Gasteiger partial charge is 0.312 e. The van der Waals surface area contributed by atoms with Crippen LogP contribution >= 0.6 is 0 Å². The summed E-state index contributed by atoms with van der Waals surface area (Å²) in [7, 11) is 1.30. The normalized spacial score (nSPS) is 30.1. The van der Waals surface area contributed by atoms with Gasteiger partial charge in [-0.15, -0.1) is 0 Å². The molecule has 0 aromatic rings. The van der Waals surface area contributed by atoms with Crippen LogP contribution in [0.1, 0.15) is 33.6 Å². The summed E-state index contributed by atoms with van der Waals surface area (Å²) in [6.45, 7) is 5.53. The van der Waals surface area contributed by atoms with Crippen LogP contribution in [-0.2, 0) is 14.3 Å². The second-order valence-electron chi connectivity index (χ2n) is 4.74. The monoisotopic (exact) mass is 226 g/mol. The summed E-state index contributed by atoms with van der Waals surface area (Å²) in [5.74, 6) is -2.06. The van der Waals surface area contributed by atoms with E-state index in [4.69, 9.17) is 4.74 Å². The van der Waals surface area contributed by atoms with Crippen molar-refractivity contribution in [3.8, 4) is 0 Å². The molecule has 0 fully saturated rings. The van der Waals surface area contributed by atoms with Gasteiger partial charge in [-0.25, -0.2) is 0 Å². The Labute approximate surface area is 95.3 Å². The molecule has 0 bridgehead atoms. The second-order valence-corrected chi connectivity index (χ2v) is 4.74. The maximum Gasteiger partial charge on any atom is 0.312 e. The average Bonchev–Trinajstić information content (AvgIpc) is 2.21. The minimum atomic E-state index is -0.940. The zero-order valence-corrected chi connectivity index (χ0v) is 10.2. The molecule has 0 amide bonds. The summed E-state index contributed by atoms with van der Waals surface area (Å²) in [6.07, 6.45) is 0.884. The van der Waals surface area contributed by atoms with Gasteiger partial charge >= 0.3 is 11.9 Å². The Kier molecular flexibility index (Phi) is 3.41. The Hall–Kier alpha value is -1.32. The summed E-state index contributed by atoms with van der Waals surface area (Å²) in [5.41, 5.74) is 1.21. The molecule has 1 aliphatic rings. The number of hydrogen-bond acceptors (Lipinski definition) is 3. The number of aliphatic carboxylic acids is 1. The van der Waals surface area contributed by atoms with Gasteiger partial charge in [0.15, 0.2) is 0 Å². The first-order valence-electron chi connectivity index (χ1n) is 5.29. The molecule has 1 aliphatic carbocycles. The zero-order valence-electron chi connectivity index (χ0n) is 10.2. The van der Waals surface area contributed by atoms with Gasteiger partial charge in [-0.2, -0.15) is 0 Å². The third-order valence-corrected chi connectivity index (χ3v) is 3.59. The highest BCUT2D eigenvalue weighted by molar-refractivity contribution is 5.85. The Morgan fingerprint density at radius 2 is 1.94 bits per heavy atom. The summed E-state index contributed by atoms with van der Waals surface area (Å²) in [4.78, 5) is 23.0. The molecular formula is C12H18O4. The molecule has 2 unspecified atom stereocenters. The Balaban J connectivity index is 3.15. The van der Waals surface area contributed by atoms with Crippen LogP contribution in [0.3, 0.4) is 0 Å². The van der Waals surface area contributed by atoms with E-state index in [2.05, 4.69) is 0 Å². The first-order chi connectivity index (χ1) is 7.32. The van der Waals surface area contributed by atoms with Crippen molar-refractivity contribution in [1.29, 1.82) is 0 Å². The molecule has 16 heavy (non-hydrogen) atoms. The van der Waals surface area contributed by atoms with Crippen molar-refractivity contribution < 1.29 is 19.4 Å². The molecule has 0 aliphatic heterocycles. The molecule has 2 atom stereocenters. The Morgan fingerprint density at radius 1 is 1.38 bits per heavy atom. The SMILES string of the molecule is COC(=O)C1(C)CC(C)=C(C)CC1C(=O)O. The second kappa shape index (κ2) is 4.28. The predicted molar refractivity (Wildman–Crippen MR) is 58.9 cm³/mol. The fourth-order valence-electron chi connectivity index (χ4n) is 2.34. The largest absolute Gasteiger partial charge is 0.481 e. The van der Waals surface area contributed by atoms with E-state index in [1.807, 2.05) is 13.8 Å². The van der Waals surface area contributed by atoms with Crippen molar-refractivity contribution in [2.75, 3.05) is 7.11 Å². The van der Waals surface area contributed by atoms with E-state index in [0.717, 1.165) is 11.1 Å². The highest BCUT2D eigenvalue weighted by atomic mass is 16.5. The van der Waals surface area contributed by atoms with Gasteiger partial charge in [-0.05, 0) is 33.6 Å². The third kappa shape index (κ3) is 1.96. The van der Waals surface area contributed by atoms with Crippen molar-refractivity contribution in [2.24, 2.45) is 11.3 Å². The van der Waals surface area contributed by atoms with E-state index in [0.29, 0.717) is 12.8 Å². The van der Waals surface area contributed by atoms with Crippen LogP contribution in [0, 0.1) is 11.3 Å². The number of carboxylic acid groups (broad SMARTS) is 1. The lowest BCUT2D eigenvalue weighted by molar-refractivity contribution is -0.164. The number of allylic oxidation sites excluding steroid dienone is 2. The van der Waals surface area contributed by atoms with Crippen molar-refractivity contribution in [3.05, 3.63) is 11.1 Å². The minimum absolute atomic E-state index is 0.423. The predicted octanol–water partition coefficient (Wildman–Crippen LogP) is 2.00. The molecule has 90 valence electrons. The van der Waals surface area contributed by atoms with Gasteiger partial charge in [0.1, 0.15) is 0 Å². The van der Waals surface area contributed by atoms with Gasteiger partial charge in [0, 0.05) is 0 Å². The van der Waals surface area contributed by atoms with Gasteiger partial charge in [0.05, 0.1) is 18.4 Å². The van der Waals surface area contributed by atoms with Crippen molar-refractivity contribution in [1.82, 2.24) is 0 Å². The first-order valence-corrected chi connectivity index (χ1v) is 5.29. The van der Waals surface area contributed by atoms with Gasteiger partial charge in [0.2, 0.25) is 0 Å². The molecule has 0 aromatic heterocycles. The van der Waals surface area contributed by atoms with Crippen LogP contribution in [0.15, 0.2) is 11.1 Å². The van der Waals surface area contributed by atoms with Crippen LogP contribution in [-0.4, -0.2) is 24.2 Å². The summed E-state index contributed by atoms with van der Waals surface area (Å²) in [6, 6.07) is 0. The summed E-state index contributed by atoms with van der Waals surface area (Å²) in [5, 5.41) is 9.19. The number of methoxy groups -OCH3 is 1. The number of carbonyl (C=O) groups excluding carboxylic acids is 1. The maximum atomic E-state index is 11.7. The van der Waals surface area contributed by atoms with E-state index in [1.165, 1.54) is 7.11 Å². The topological polar surface area (TPSA) is 63.6 Å². The Morgan fingerprint density at radius 3 is 2.38 bits per heavy atom. The quantitative estimate of drug-likeness (QED) is 0.577. The van der Waals surface area contributed by atoms with E-state index >= 15 is 0 Å². The standard InChI is InChI=1S/C12H18O4/c1-7-5-9(10(13)14)12(3,6-8(7)2)11(15)16-4/h9H,5-6H2,1-4H3,(H,13,14). The maximum absolute atomic E-state index is 11.7.